The minimum atomic E-state index is -0.292. The third-order valence-corrected chi connectivity index (χ3v) is 2.81. The van der Waals surface area contributed by atoms with Crippen LogP contribution in [0.4, 0.5) is 0 Å². The molecule has 0 saturated carbocycles. The van der Waals surface area contributed by atoms with Crippen molar-refractivity contribution in [2.75, 3.05) is 6.54 Å². The van der Waals surface area contributed by atoms with E-state index in [0.29, 0.717) is 13.2 Å². The topological polar surface area (TPSA) is 68.1 Å². The number of aromatic amines is 1. The number of aromatic nitrogens is 1. The Morgan fingerprint density at radius 2 is 2.25 bits per heavy atom. The van der Waals surface area contributed by atoms with Gasteiger partial charge in [0, 0.05) is 17.1 Å². The van der Waals surface area contributed by atoms with Gasteiger partial charge in [0.1, 0.15) is 0 Å². The number of rotatable bonds is 5. The van der Waals surface area contributed by atoms with E-state index in [-0.39, 0.29) is 8.69 Å². The van der Waals surface area contributed by atoms with Crippen molar-refractivity contribution >= 4 is 19.6 Å². The summed E-state index contributed by atoms with van der Waals surface area (Å²) in [5, 5.41) is 1.16. The van der Waals surface area contributed by atoms with Gasteiger partial charge in [0.15, 0.2) is 0 Å². The molecule has 0 aliphatic rings. The van der Waals surface area contributed by atoms with E-state index in [1.54, 1.807) is 0 Å². The van der Waals surface area contributed by atoms with E-state index in [1.165, 1.54) is 5.56 Å². The monoisotopic (exact) mass is 236 g/mol. The molecule has 2 aromatic rings. The average Bonchev–Trinajstić information content (AvgIpc) is 2.71. The third-order valence-electron chi connectivity index (χ3n) is 2.57. The molecule has 1 aromatic heterocycles. The van der Waals surface area contributed by atoms with Crippen LogP contribution >= 0.6 is 8.69 Å². The summed E-state index contributed by atoms with van der Waals surface area (Å²) in [6.45, 7) is 0.970. The first-order valence-corrected chi connectivity index (χ1v) is 5.82. The predicted octanol–water partition coefficient (Wildman–Crippen LogP) is 2.39. The molecule has 1 aromatic carbocycles. The molecule has 16 heavy (non-hydrogen) atoms. The first-order chi connectivity index (χ1) is 7.86. The number of nitrogens with two attached hydrogens (primary N) is 1. The molecular weight excluding hydrogens is 223 g/mol. The number of fused-ring (bicyclic) bond motifs is 1. The highest BCUT2D eigenvalue weighted by Crippen LogP contribution is 2.23. The van der Waals surface area contributed by atoms with Gasteiger partial charge in [-0.15, -0.1) is 0 Å². The number of H-pyrrole nitrogens is 1. The second-order valence-electron chi connectivity index (χ2n) is 3.54. The quantitative estimate of drug-likeness (QED) is 0.783. The molecular formula is C11H13N2O2P. The van der Waals surface area contributed by atoms with Gasteiger partial charge in [0.2, 0.25) is 0 Å². The van der Waals surface area contributed by atoms with E-state index >= 15 is 0 Å². The van der Waals surface area contributed by atoms with Crippen molar-refractivity contribution in [1.29, 1.82) is 0 Å². The zero-order valence-electron chi connectivity index (χ0n) is 8.77. The van der Waals surface area contributed by atoms with E-state index in [0.717, 1.165) is 22.9 Å². The van der Waals surface area contributed by atoms with Gasteiger partial charge in [0.05, 0.1) is 12.1 Å². The highest BCUT2D eigenvalue weighted by atomic mass is 31.1. The Kier molecular flexibility index (Phi) is 3.67. The lowest BCUT2D eigenvalue weighted by atomic mass is 10.1. The van der Waals surface area contributed by atoms with Crippen molar-refractivity contribution in [2.24, 2.45) is 5.73 Å². The molecule has 2 rings (SSSR count). The molecule has 0 aliphatic carbocycles. The number of para-hydroxylation sites is 1. The Labute approximate surface area is 95.1 Å². The largest absolute Gasteiger partial charge is 0.361 e. The third kappa shape index (κ3) is 2.14. The minimum Gasteiger partial charge on any atom is -0.361 e. The van der Waals surface area contributed by atoms with Crippen LogP contribution in [0.3, 0.4) is 0 Å². The van der Waals surface area contributed by atoms with Gasteiger partial charge in [-0.25, -0.2) is 4.57 Å². The van der Waals surface area contributed by atoms with Crippen LogP contribution in [0.2, 0.25) is 0 Å². The van der Waals surface area contributed by atoms with Gasteiger partial charge in [-0.2, -0.15) is 0 Å². The van der Waals surface area contributed by atoms with Crippen LogP contribution < -0.4 is 5.73 Å². The van der Waals surface area contributed by atoms with Gasteiger partial charge in [-0.1, -0.05) is 18.2 Å². The molecule has 0 spiro atoms. The Bertz CT molecular complexity index is 496. The maximum atomic E-state index is 10.3. The summed E-state index contributed by atoms with van der Waals surface area (Å²) < 4.78 is 15.1. The summed E-state index contributed by atoms with van der Waals surface area (Å²) in [7, 11) is -0.292. The van der Waals surface area contributed by atoms with E-state index in [4.69, 9.17) is 10.3 Å². The molecule has 3 N–H and O–H groups in total. The molecule has 0 unspecified atom stereocenters. The summed E-state index contributed by atoms with van der Waals surface area (Å²) in [5.41, 5.74) is 8.80. The summed E-state index contributed by atoms with van der Waals surface area (Å²) in [4.78, 5) is 3.21. The minimum absolute atomic E-state index is 0.292. The summed E-state index contributed by atoms with van der Waals surface area (Å²) >= 11 is 0. The molecule has 0 bridgehead atoms. The smallest absolute Gasteiger partial charge is 0.327 e. The Hall–Kier alpha value is -1.22. The van der Waals surface area contributed by atoms with Crippen molar-refractivity contribution in [3.63, 3.8) is 0 Å². The molecule has 0 saturated heterocycles. The Morgan fingerprint density at radius 1 is 1.38 bits per heavy atom. The van der Waals surface area contributed by atoms with E-state index < -0.39 is 0 Å². The SMILES string of the molecule is NCCc1c[nH]c2c(COP=O)cccc12. The number of hydrogen-bond donors (Lipinski definition) is 2. The fraction of sp³-hybridized carbons (Fsp3) is 0.273. The van der Waals surface area contributed by atoms with Gasteiger partial charge < -0.3 is 10.7 Å². The molecule has 4 nitrogen and oxygen atoms in total. The van der Waals surface area contributed by atoms with Crippen LogP contribution in [0, 0.1) is 0 Å². The summed E-state index contributed by atoms with van der Waals surface area (Å²) in [6, 6.07) is 5.97. The zero-order chi connectivity index (χ0) is 11.4. The maximum absolute atomic E-state index is 10.3. The first kappa shape index (κ1) is 11.3. The maximum Gasteiger partial charge on any atom is 0.327 e. The normalized spacial score (nSPS) is 11.3. The van der Waals surface area contributed by atoms with Gasteiger partial charge in [-0.3, -0.25) is 4.52 Å². The lowest BCUT2D eigenvalue weighted by molar-refractivity contribution is 0.334. The molecule has 0 fully saturated rings. The summed E-state index contributed by atoms with van der Waals surface area (Å²) in [6.07, 6.45) is 2.82. The van der Waals surface area contributed by atoms with Crippen LogP contribution in [0.5, 0.6) is 0 Å². The summed E-state index contributed by atoms with van der Waals surface area (Å²) in [5.74, 6) is 0. The van der Waals surface area contributed by atoms with Crippen molar-refractivity contribution in [2.45, 2.75) is 13.0 Å². The second-order valence-corrected chi connectivity index (χ2v) is 3.95. The van der Waals surface area contributed by atoms with E-state index in [2.05, 4.69) is 11.1 Å². The molecule has 1 heterocycles. The van der Waals surface area contributed by atoms with Crippen LogP contribution in [0.25, 0.3) is 10.9 Å². The van der Waals surface area contributed by atoms with Gasteiger partial charge in [0.25, 0.3) is 0 Å². The average molecular weight is 236 g/mol. The number of benzene rings is 1. The first-order valence-electron chi connectivity index (χ1n) is 5.09. The number of nitrogens with one attached hydrogen (secondary N) is 1. The standard InChI is InChI=1S/C11H13N2O2P/c12-5-4-8-6-13-11-9(7-15-16-14)2-1-3-10(8)11/h1-3,6,13H,4-5,7,12H2. The molecule has 0 radical (unpaired) electrons. The lowest BCUT2D eigenvalue weighted by Crippen LogP contribution is -2.01. The van der Waals surface area contributed by atoms with Gasteiger partial charge >= 0.3 is 8.69 Å². The molecule has 0 aliphatic heterocycles. The Morgan fingerprint density at radius 3 is 3.00 bits per heavy atom. The second kappa shape index (κ2) is 5.21. The van der Waals surface area contributed by atoms with E-state index in [1.807, 2.05) is 18.3 Å². The fourth-order valence-corrected chi connectivity index (χ4v) is 2.05. The van der Waals surface area contributed by atoms with Crippen LogP contribution in [-0.4, -0.2) is 11.5 Å². The van der Waals surface area contributed by atoms with E-state index in [9.17, 15) is 4.57 Å². The molecule has 0 amide bonds. The van der Waals surface area contributed by atoms with Crippen LogP contribution in [0.1, 0.15) is 11.1 Å². The predicted molar refractivity (Wildman–Crippen MR) is 63.5 cm³/mol. The van der Waals surface area contributed by atoms with Crippen molar-refractivity contribution in [3.8, 4) is 0 Å². The van der Waals surface area contributed by atoms with Gasteiger partial charge in [-0.05, 0) is 18.5 Å². The number of hydrogen-bond acceptors (Lipinski definition) is 3. The van der Waals surface area contributed by atoms with Crippen molar-refractivity contribution < 1.29 is 9.09 Å². The molecule has 0 atom stereocenters. The Balaban J connectivity index is 2.40. The zero-order valence-corrected chi connectivity index (χ0v) is 9.67. The molecule has 5 heteroatoms. The van der Waals surface area contributed by atoms with Crippen LogP contribution in [-0.2, 0) is 22.1 Å². The highest BCUT2D eigenvalue weighted by molar-refractivity contribution is 7.17. The van der Waals surface area contributed by atoms with Crippen molar-refractivity contribution in [1.82, 2.24) is 4.98 Å². The lowest BCUT2D eigenvalue weighted by Gasteiger charge is -2.01. The van der Waals surface area contributed by atoms with Crippen LogP contribution in [0.15, 0.2) is 24.4 Å². The fourth-order valence-electron chi connectivity index (χ4n) is 1.85. The molecule has 84 valence electrons. The van der Waals surface area contributed by atoms with Crippen molar-refractivity contribution in [3.05, 3.63) is 35.5 Å². The highest BCUT2D eigenvalue weighted by Gasteiger charge is 2.06.